The molecule has 0 aromatic rings. The summed E-state index contributed by atoms with van der Waals surface area (Å²) >= 11 is 0. The molecule has 1 aliphatic rings. The third kappa shape index (κ3) is 3.45. The zero-order chi connectivity index (χ0) is 10.6. The lowest BCUT2D eigenvalue weighted by atomic mass is 9.92. The van der Waals surface area contributed by atoms with Gasteiger partial charge in [0, 0.05) is 12.6 Å². The van der Waals surface area contributed by atoms with Gasteiger partial charge in [-0.25, -0.2) is 0 Å². The predicted octanol–water partition coefficient (Wildman–Crippen LogP) is 3.32. The van der Waals surface area contributed by atoms with Gasteiger partial charge in [-0.3, -0.25) is 4.90 Å². The van der Waals surface area contributed by atoms with Crippen molar-refractivity contribution in [2.75, 3.05) is 13.1 Å². The predicted molar refractivity (Wildman–Crippen MR) is 63.4 cm³/mol. The monoisotopic (exact) mass is 195 g/mol. The summed E-state index contributed by atoms with van der Waals surface area (Å²) in [4.78, 5) is 2.62. The maximum atomic E-state index is 2.62. The second-order valence-corrected chi connectivity index (χ2v) is 5.10. The third-order valence-electron chi connectivity index (χ3n) is 3.05. The Kier molecular flexibility index (Phi) is 4.67. The molecule has 0 radical (unpaired) electrons. The first-order chi connectivity index (χ1) is 6.61. The molecule has 1 heteroatoms. The summed E-state index contributed by atoms with van der Waals surface area (Å²) in [5.41, 5.74) is 0. The van der Waals surface area contributed by atoms with Crippen LogP contribution in [0.15, 0.2) is 12.2 Å². The van der Waals surface area contributed by atoms with E-state index in [0.717, 1.165) is 12.0 Å². The van der Waals surface area contributed by atoms with Gasteiger partial charge in [0.25, 0.3) is 0 Å². The Balaban J connectivity index is 2.13. The fourth-order valence-electron chi connectivity index (χ4n) is 2.10. The zero-order valence-corrected chi connectivity index (χ0v) is 10.2. The molecule has 0 aromatic carbocycles. The molecule has 1 heterocycles. The van der Waals surface area contributed by atoms with E-state index >= 15 is 0 Å². The van der Waals surface area contributed by atoms with Crippen molar-refractivity contribution < 1.29 is 0 Å². The van der Waals surface area contributed by atoms with Crippen LogP contribution in [0.3, 0.4) is 0 Å². The topological polar surface area (TPSA) is 3.24 Å². The Morgan fingerprint density at radius 1 is 1.29 bits per heavy atom. The SMILES string of the molecule is CC(C)/C=C/CCN1CC[C@H]1C(C)C. The van der Waals surface area contributed by atoms with Crippen molar-refractivity contribution >= 4 is 0 Å². The van der Waals surface area contributed by atoms with Crippen LogP contribution in [-0.4, -0.2) is 24.0 Å². The standard InChI is InChI=1S/C13H25N/c1-11(2)7-5-6-9-14-10-8-13(14)12(3)4/h5,7,11-13H,6,8-10H2,1-4H3/b7-5+/t13-/m0/s1. The van der Waals surface area contributed by atoms with Crippen molar-refractivity contribution in [3.8, 4) is 0 Å². The molecule has 1 atom stereocenters. The van der Waals surface area contributed by atoms with Crippen LogP contribution in [0.4, 0.5) is 0 Å². The van der Waals surface area contributed by atoms with Crippen LogP contribution in [0.25, 0.3) is 0 Å². The Morgan fingerprint density at radius 2 is 2.00 bits per heavy atom. The van der Waals surface area contributed by atoms with Crippen molar-refractivity contribution in [1.82, 2.24) is 4.90 Å². The molecule has 1 fully saturated rings. The van der Waals surface area contributed by atoms with Crippen molar-refractivity contribution in [2.24, 2.45) is 11.8 Å². The summed E-state index contributed by atoms with van der Waals surface area (Å²) in [7, 11) is 0. The molecule has 0 N–H and O–H groups in total. The van der Waals surface area contributed by atoms with Gasteiger partial charge in [0.05, 0.1) is 0 Å². The van der Waals surface area contributed by atoms with Gasteiger partial charge in [-0.1, -0.05) is 39.8 Å². The molecule has 0 aromatic heterocycles. The van der Waals surface area contributed by atoms with Crippen molar-refractivity contribution in [1.29, 1.82) is 0 Å². The van der Waals surface area contributed by atoms with Gasteiger partial charge in [0.15, 0.2) is 0 Å². The summed E-state index contributed by atoms with van der Waals surface area (Å²) < 4.78 is 0. The van der Waals surface area contributed by atoms with Gasteiger partial charge in [0.2, 0.25) is 0 Å². The first-order valence-corrected chi connectivity index (χ1v) is 6.02. The molecule has 1 saturated heterocycles. The number of nitrogens with zero attached hydrogens (tertiary/aromatic N) is 1. The highest BCUT2D eigenvalue weighted by Crippen LogP contribution is 2.24. The van der Waals surface area contributed by atoms with E-state index in [9.17, 15) is 0 Å². The zero-order valence-electron chi connectivity index (χ0n) is 10.2. The third-order valence-corrected chi connectivity index (χ3v) is 3.05. The van der Waals surface area contributed by atoms with Gasteiger partial charge in [-0.05, 0) is 31.2 Å². The van der Waals surface area contributed by atoms with Crippen LogP contribution in [0.2, 0.25) is 0 Å². The van der Waals surface area contributed by atoms with Crippen molar-refractivity contribution in [2.45, 2.75) is 46.6 Å². The molecular formula is C13H25N. The first-order valence-electron chi connectivity index (χ1n) is 6.02. The molecule has 1 aliphatic heterocycles. The van der Waals surface area contributed by atoms with E-state index in [4.69, 9.17) is 0 Å². The minimum absolute atomic E-state index is 0.701. The summed E-state index contributed by atoms with van der Waals surface area (Å²) in [6.45, 7) is 11.7. The molecule has 0 aliphatic carbocycles. The van der Waals surface area contributed by atoms with Crippen molar-refractivity contribution in [3.63, 3.8) is 0 Å². The average Bonchev–Trinajstić information content (AvgIpc) is 1.99. The summed E-state index contributed by atoms with van der Waals surface area (Å²) in [5.74, 6) is 1.53. The minimum Gasteiger partial charge on any atom is -0.300 e. The lowest BCUT2D eigenvalue weighted by Gasteiger charge is -2.43. The Morgan fingerprint density at radius 3 is 2.43 bits per heavy atom. The number of rotatable bonds is 5. The second-order valence-electron chi connectivity index (χ2n) is 5.10. The van der Waals surface area contributed by atoms with Crippen LogP contribution < -0.4 is 0 Å². The van der Waals surface area contributed by atoms with E-state index in [1.54, 1.807) is 0 Å². The number of likely N-dealkylation sites (tertiary alicyclic amines) is 1. The van der Waals surface area contributed by atoms with Gasteiger partial charge in [-0.15, -0.1) is 0 Å². The number of allylic oxidation sites excluding steroid dienone is 1. The Hall–Kier alpha value is -0.300. The van der Waals surface area contributed by atoms with Crippen LogP contribution in [-0.2, 0) is 0 Å². The molecule has 1 rings (SSSR count). The molecular weight excluding hydrogens is 170 g/mol. The summed E-state index contributed by atoms with van der Waals surface area (Å²) in [5, 5.41) is 0. The summed E-state index contributed by atoms with van der Waals surface area (Å²) in [6.07, 6.45) is 7.28. The van der Waals surface area contributed by atoms with Gasteiger partial charge >= 0.3 is 0 Å². The highest BCUT2D eigenvalue weighted by Gasteiger charge is 2.29. The molecule has 14 heavy (non-hydrogen) atoms. The Bertz CT molecular complexity index is 182. The maximum Gasteiger partial charge on any atom is 0.0131 e. The van der Waals surface area contributed by atoms with Gasteiger partial charge in [0.1, 0.15) is 0 Å². The fraction of sp³-hybridized carbons (Fsp3) is 0.846. The highest BCUT2D eigenvalue weighted by atomic mass is 15.2. The minimum atomic E-state index is 0.701. The molecule has 0 amide bonds. The quantitative estimate of drug-likeness (QED) is 0.608. The van der Waals surface area contributed by atoms with Crippen molar-refractivity contribution in [3.05, 3.63) is 12.2 Å². The van der Waals surface area contributed by atoms with E-state index in [2.05, 4.69) is 44.7 Å². The maximum absolute atomic E-state index is 2.62. The van der Waals surface area contributed by atoms with Gasteiger partial charge in [-0.2, -0.15) is 0 Å². The highest BCUT2D eigenvalue weighted by molar-refractivity contribution is 4.89. The van der Waals surface area contributed by atoms with E-state index in [1.165, 1.54) is 25.9 Å². The molecule has 0 unspecified atom stereocenters. The Labute approximate surface area is 89.2 Å². The average molecular weight is 195 g/mol. The van der Waals surface area contributed by atoms with Crippen LogP contribution in [0, 0.1) is 11.8 Å². The number of hydrogen-bond donors (Lipinski definition) is 0. The van der Waals surface area contributed by atoms with E-state index in [1.807, 2.05) is 0 Å². The molecule has 82 valence electrons. The van der Waals surface area contributed by atoms with E-state index in [-0.39, 0.29) is 0 Å². The van der Waals surface area contributed by atoms with Crippen LogP contribution >= 0.6 is 0 Å². The van der Waals surface area contributed by atoms with Gasteiger partial charge < -0.3 is 0 Å². The second kappa shape index (κ2) is 5.55. The molecule has 0 saturated carbocycles. The normalized spacial score (nSPS) is 23.7. The smallest absolute Gasteiger partial charge is 0.0131 e. The first kappa shape index (κ1) is 11.8. The summed E-state index contributed by atoms with van der Waals surface area (Å²) in [6, 6.07) is 0.863. The lowest BCUT2D eigenvalue weighted by molar-refractivity contribution is 0.0583. The fourth-order valence-corrected chi connectivity index (χ4v) is 2.10. The van der Waals surface area contributed by atoms with Crippen LogP contribution in [0.5, 0.6) is 0 Å². The molecule has 1 nitrogen and oxygen atoms in total. The molecule has 0 spiro atoms. The van der Waals surface area contributed by atoms with E-state index < -0.39 is 0 Å². The van der Waals surface area contributed by atoms with E-state index in [0.29, 0.717) is 5.92 Å². The molecule has 0 bridgehead atoms. The number of hydrogen-bond acceptors (Lipinski definition) is 1. The largest absolute Gasteiger partial charge is 0.300 e. The van der Waals surface area contributed by atoms with Crippen LogP contribution in [0.1, 0.15) is 40.5 Å². The lowest BCUT2D eigenvalue weighted by Crippen LogP contribution is -2.50.